The molecular weight excluding hydrogens is 311 g/mol. The second-order valence-corrected chi connectivity index (χ2v) is 5.76. The first-order chi connectivity index (χ1) is 9.10. The Morgan fingerprint density at radius 1 is 1.58 bits per heavy atom. The van der Waals surface area contributed by atoms with Crippen molar-refractivity contribution in [1.29, 1.82) is 0 Å². The number of halogens is 2. The molecule has 2 N–H and O–H groups in total. The van der Waals surface area contributed by atoms with Crippen LogP contribution in [0.25, 0.3) is 0 Å². The van der Waals surface area contributed by atoms with Gasteiger partial charge in [-0.25, -0.2) is 4.39 Å². The fourth-order valence-corrected chi connectivity index (χ4v) is 2.86. The molecule has 19 heavy (non-hydrogen) atoms. The molecule has 0 radical (unpaired) electrons. The molecule has 2 unspecified atom stereocenters. The number of likely N-dealkylation sites (N-methyl/N-ethyl adjacent to an activating group) is 1. The van der Waals surface area contributed by atoms with Crippen LogP contribution in [0.5, 0.6) is 0 Å². The summed E-state index contributed by atoms with van der Waals surface area (Å²) in [5.41, 5.74) is 7.26. The third kappa shape index (κ3) is 3.99. The van der Waals surface area contributed by atoms with E-state index in [1.807, 2.05) is 0 Å². The van der Waals surface area contributed by atoms with Gasteiger partial charge in [0.15, 0.2) is 0 Å². The first kappa shape index (κ1) is 14.9. The predicted octanol–water partition coefficient (Wildman–Crippen LogP) is 2.18. The lowest BCUT2D eigenvalue weighted by molar-refractivity contribution is -0.0385. The van der Waals surface area contributed by atoms with Crippen LogP contribution >= 0.6 is 15.9 Å². The molecule has 5 heteroatoms. The van der Waals surface area contributed by atoms with Gasteiger partial charge < -0.3 is 10.5 Å². The van der Waals surface area contributed by atoms with E-state index in [1.54, 1.807) is 6.07 Å². The molecule has 1 aliphatic rings. The van der Waals surface area contributed by atoms with E-state index < -0.39 is 0 Å². The Morgan fingerprint density at radius 2 is 2.37 bits per heavy atom. The summed E-state index contributed by atoms with van der Waals surface area (Å²) in [5, 5.41) is 0. The normalized spacial score (nSPS) is 22.4. The van der Waals surface area contributed by atoms with Gasteiger partial charge in [0, 0.05) is 23.6 Å². The number of hydrogen-bond donors (Lipinski definition) is 1. The van der Waals surface area contributed by atoms with E-state index in [4.69, 9.17) is 10.5 Å². The van der Waals surface area contributed by atoms with Gasteiger partial charge in [0.1, 0.15) is 5.82 Å². The van der Waals surface area contributed by atoms with E-state index in [9.17, 15) is 4.39 Å². The van der Waals surface area contributed by atoms with Crippen LogP contribution in [-0.2, 0) is 11.2 Å². The minimum absolute atomic E-state index is 0.0469. The lowest BCUT2D eigenvalue weighted by Crippen LogP contribution is -2.51. The van der Waals surface area contributed by atoms with E-state index in [-0.39, 0.29) is 18.0 Å². The summed E-state index contributed by atoms with van der Waals surface area (Å²) >= 11 is 3.38. The van der Waals surface area contributed by atoms with Crippen molar-refractivity contribution < 1.29 is 9.13 Å². The van der Waals surface area contributed by atoms with Gasteiger partial charge >= 0.3 is 0 Å². The molecule has 2 atom stereocenters. The van der Waals surface area contributed by atoms with Crippen LogP contribution in [0.1, 0.15) is 12.5 Å². The van der Waals surface area contributed by atoms with Crippen molar-refractivity contribution in [2.45, 2.75) is 25.5 Å². The lowest BCUT2D eigenvalue weighted by Gasteiger charge is -2.35. The van der Waals surface area contributed by atoms with E-state index in [1.165, 1.54) is 12.1 Å². The highest BCUT2D eigenvalue weighted by Gasteiger charge is 2.25. The zero-order valence-electron chi connectivity index (χ0n) is 11.1. The standard InChI is InChI=1S/C14H20BrFN2O/c1-2-18-5-6-19-14(9-18)13(17)7-10-3-4-11(16)8-12(10)15/h3-4,8,13-14H,2,5-7,9,17H2,1H3. The van der Waals surface area contributed by atoms with E-state index in [2.05, 4.69) is 27.8 Å². The molecule has 1 aromatic rings. The van der Waals surface area contributed by atoms with Crippen LogP contribution < -0.4 is 5.73 Å². The molecule has 0 aliphatic carbocycles. The van der Waals surface area contributed by atoms with Crippen LogP contribution in [0.15, 0.2) is 22.7 Å². The zero-order valence-corrected chi connectivity index (χ0v) is 12.7. The molecule has 1 heterocycles. The van der Waals surface area contributed by atoms with Crippen LogP contribution in [0.3, 0.4) is 0 Å². The summed E-state index contributed by atoms with van der Waals surface area (Å²) < 4.78 is 19.6. The Labute approximate surface area is 122 Å². The van der Waals surface area contributed by atoms with Crippen LogP contribution in [0.2, 0.25) is 0 Å². The molecule has 1 fully saturated rings. The monoisotopic (exact) mass is 330 g/mol. The second-order valence-electron chi connectivity index (χ2n) is 4.91. The molecule has 0 amide bonds. The van der Waals surface area contributed by atoms with Crippen molar-refractivity contribution in [3.8, 4) is 0 Å². The molecule has 1 aliphatic heterocycles. The van der Waals surface area contributed by atoms with E-state index >= 15 is 0 Å². The van der Waals surface area contributed by atoms with E-state index in [0.29, 0.717) is 6.42 Å². The van der Waals surface area contributed by atoms with E-state index in [0.717, 1.165) is 36.3 Å². The Kier molecular flexibility index (Phi) is 5.33. The Morgan fingerprint density at radius 3 is 3.05 bits per heavy atom. The molecule has 1 saturated heterocycles. The van der Waals surface area contributed by atoms with Crippen molar-refractivity contribution in [3.63, 3.8) is 0 Å². The maximum absolute atomic E-state index is 13.0. The van der Waals surface area contributed by atoms with Gasteiger partial charge in [-0.05, 0) is 30.7 Å². The molecule has 106 valence electrons. The van der Waals surface area contributed by atoms with Gasteiger partial charge in [0.25, 0.3) is 0 Å². The number of hydrogen-bond acceptors (Lipinski definition) is 3. The van der Waals surface area contributed by atoms with Crippen LogP contribution in [-0.4, -0.2) is 43.3 Å². The van der Waals surface area contributed by atoms with Gasteiger partial charge in [-0.15, -0.1) is 0 Å². The summed E-state index contributed by atoms with van der Waals surface area (Å²) in [6, 6.07) is 4.64. The van der Waals surface area contributed by atoms with Crippen LogP contribution in [0.4, 0.5) is 4.39 Å². The number of nitrogens with two attached hydrogens (primary N) is 1. The third-order valence-electron chi connectivity index (χ3n) is 3.57. The second kappa shape index (κ2) is 6.79. The van der Waals surface area contributed by atoms with Crippen molar-refractivity contribution in [2.24, 2.45) is 5.73 Å². The van der Waals surface area contributed by atoms with Gasteiger partial charge in [-0.2, -0.15) is 0 Å². The van der Waals surface area contributed by atoms with Gasteiger partial charge in [-0.3, -0.25) is 4.90 Å². The summed E-state index contributed by atoms with van der Waals surface area (Å²) in [7, 11) is 0. The molecule has 0 bridgehead atoms. The smallest absolute Gasteiger partial charge is 0.124 e. The quantitative estimate of drug-likeness (QED) is 0.919. The summed E-state index contributed by atoms with van der Waals surface area (Å²) in [6.07, 6.45) is 0.731. The largest absolute Gasteiger partial charge is 0.374 e. The molecule has 0 saturated carbocycles. The number of rotatable bonds is 4. The van der Waals surface area contributed by atoms with Crippen molar-refractivity contribution in [1.82, 2.24) is 4.90 Å². The third-order valence-corrected chi connectivity index (χ3v) is 4.31. The molecule has 1 aromatic carbocycles. The SMILES string of the molecule is CCN1CCOC(C(N)Cc2ccc(F)cc2Br)C1. The average Bonchev–Trinajstić information content (AvgIpc) is 2.42. The fourth-order valence-electron chi connectivity index (χ4n) is 2.35. The first-order valence-electron chi connectivity index (χ1n) is 6.63. The van der Waals surface area contributed by atoms with Gasteiger partial charge in [-0.1, -0.05) is 28.9 Å². The van der Waals surface area contributed by atoms with Crippen LogP contribution in [0, 0.1) is 5.82 Å². The topological polar surface area (TPSA) is 38.5 Å². The number of nitrogens with zero attached hydrogens (tertiary/aromatic N) is 1. The van der Waals surface area contributed by atoms with Gasteiger partial charge in [0.2, 0.25) is 0 Å². The number of benzene rings is 1. The molecule has 3 nitrogen and oxygen atoms in total. The molecule has 0 aromatic heterocycles. The van der Waals surface area contributed by atoms with Crippen molar-refractivity contribution >= 4 is 15.9 Å². The minimum atomic E-state index is -0.240. The highest BCUT2D eigenvalue weighted by atomic mass is 79.9. The Hall–Kier alpha value is -0.490. The molecular formula is C14H20BrFN2O. The first-order valence-corrected chi connectivity index (χ1v) is 7.43. The summed E-state index contributed by atoms with van der Waals surface area (Å²) in [6.45, 7) is 5.74. The summed E-state index contributed by atoms with van der Waals surface area (Å²) in [4.78, 5) is 2.34. The maximum atomic E-state index is 13.0. The number of morpholine rings is 1. The molecule has 0 spiro atoms. The fraction of sp³-hybridized carbons (Fsp3) is 0.571. The average molecular weight is 331 g/mol. The lowest BCUT2D eigenvalue weighted by atomic mass is 10.0. The minimum Gasteiger partial charge on any atom is -0.374 e. The maximum Gasteiger partial charge on any atom is 0.124 e. The molecule has 2 rings (SSSR count). The van der Waals surface area contributed by atoms with Crippen molar-refractivity contribution in [3.05, 3.63) is 34.1 Å². The van der Waals surface area contributed by atoms with Crippen molar-refractivity contribution in [2.75, 3.05) is 26.2 Å². The Balaban J connectivity index is 1.98. The Bertz CT molecular complexity index is 430. The zero-order chi connectivity index (χ0) is 13.8. The highest BCUT2D eigenvalue weighted by Crippen LogP contribution is 2.21. The highest BCUT2D eigenvalue weighted by molar-refractivity contribution is 9.10. The van der Waals surface area contributed by atoms with Gasteiger partial charge in [0.05, 0.1) is 12.7 Å². The number of ether oxygens (including phenoxy) is 1. The summed E-state index contributed by atoms with van der Waals surface area (Å²) in [5.74, 6) is -0.240. The predicted molar refractivity (Wildman–Crippen MR) is 77.6 cm³/mol.